The first kappa shape index (κ1) is 23.9. The molecule has 0 amide bonds. The molecule has 0 spiro atoms. The van der Waals surface area contributed by atoms with Crippen molar-refractivity contribution in [1.82, 2.24) is 4.90 Å². The summed E-state index contributed by atoms with van der Waals surface area (Å²) in [7, 11) is 0. The third-order valence-electron chi connectivity index (χ3n) is 5.36. The van der Waals surface area contributed by atoms with Crippen LogP contribution in [0.3, 0.4) is 0 Å². The number of ether oxygens (including phenoxy) is 1. The van der Waals surface area contributed by atoms with Crippen LogP contribution in [0.15, 0.2) is 70.5 Å². The molecule has 1 fully saturated rings. The lowest BCUT2D eigenvalue weighted by Crippen LogP contribution is -2.30. The van der Waals surface area contributed by atoms with Gasteiger partial charge in [0.05, 0.1) is 4.90 Å². The molecule has 0 bridgehead atoms. The average molecular weight is 456 g/mol. The van der Waals surface area contributed by atoms with E-state index in [-0.39, 0.29) is 6.10 Å². The maximum Gasteiger partial charge on any atom is 0.328 e. The topological polar surface area (TPSA) is 87.1 Å². The van der Waals surface area contributed by atoms with Crippen molar-refractivity contribution in [3.63, 3.8) is 0 Å². The number of piperidine rings is 1. The normalized spacial score (nSPS) is 17.8. The SMILES string of the molecule is O=C(O)/C=C\C(=O)O.c1ccc2c(c1)OC(CCCN1CCCCC1)c1ccccc1S2. The van der Waals surface area contributed by atoms with E-state index in [0.29, 0.717) is 12.2 Å². The molecule has 2 aliphatic heterocycles. The molecule has 1 atom stereocenters. The molecule has 2 N–H and O–H groups in total. The van der Waals surface area contributed by atoms with Crippen molar-refractivity contribution in [2.45, 2.75) is 48.0 Å². The molecule has 0 aromatic heterocycles. The van der Waals surface area contributed by atoms with Gasteiger partial charge in [0, 0.05) is 22.6 Å². The Balaban J connectivity index is 0.000000312. The number of hydrogen-bond donors (Lipinski definition) is 2. The number of carbonyl (C=O) groups is 2. The standard InChI is InChI=1S/C21H25NOS.C4H4O4/c1-6-14-22(15-7-1)16-8-11-18-17-9-2-4-12-20(17)24-21-13-5-3-10-19(21)23-18;5-3(6)1-2-4(7)8/h2-5,9-10,12-13,18H,1,6-8,11,14-16H2;1-2H,(H,5,6)(H,7,8)/b;2-1-. The molecule has 0 aliphatic carbocycles. The molecule has 32 heavy (non-hydrogen) atoms. The van der Waals surface area contributed by atoms with Crippen molar-refractivity contribution in [2.24, 2.45) is 0 Å². The lowest BCUT2D eigenvalue weighted by molar-refractivity contribution is -0.134. The summed E-state index contributed by atoms with van der Waals surface area (Å²) in [6, 6.07) is 17.2. The molecular formula is C25H29NO5S. The van der Waals surface area contributed by atoms with Crippen LogP contribution in [0, 0.1) is 0 Å². The van der Waals surface area contributed by atoms with Crippen molar-refractivity contribution < 1.29 is 24.5 Å². The van der Waals surface area contributed by atoms with E-state index >= 15 is 0 Å². The molecule has 2 aromatic carbocycles. The van der Waals surface area contributed by atoms with Crippen molar-refractivity contribution in [2.75, 3.05) is 19.6 Å². The van der Waals surface area contributed by atoms with Gasteiger partial charge < -0.3 is 19.8 Å². The van der Waals surface area contributed by atoms with E-state index in [0.717, 1.165) is 12.2 Å². The third kappa shape index (κ3) is 7.43. The molecule has 170 valence electrons. The molecule has 0 saturated carbocycles. The fraction of sp³-hybridized carbons (Fsp3) is 0.360. The molecule has 1 saturated heterocycles. The van der Waals surface area contributed by atoms with Crippen molar-refractivity contribution in [3.05, 3.63) is 66.2 Å². The Bertz CT molecular complexity index is 923. The first-order valence-corrected chi connectivity index (χ1v) is 11.7. The lowest BCUT2D eigenvalue weighted by Gasteiger charge is -2.27. The second kappa shape index (κ2) is 12.3. The predicted octanol–water partition coefficient (Wildman–Crippen LogP) is 5.25. The number of benzene rings is 2. The number of rotatable bonds is 6. The lowest BCUT2D eigenvalue weighted by atomic mass is 10.0. The van der Waals surface area contributed by atoms with Gasteiger partial charge in [0.25, 0.3) is 0 Å². The zero-order valence-corrected chi connectivity index (χ0v) is 18.8. The van der Waals surface area contributed by atoms with Gasteiger partial charge >= 0.3 is 11.9 Å². The Kier molecular flexibility index (Phi) is 9.19. The Morgan fingerprint density at radius 2 is 1.56 bits per heavy atom. The van der Waals surface area contributed by atoms with E-state index < -0.39 is 11.9 Å². The van der Waals surface area contributed by atoms with Crippen LogP contribution in [0.25, 0.3) is 0 Å². The van der Waals surface area contributed by atoms with Crippen molar-refractivity contribution in [1.29, 1.82) is 0 Å². The number of hydrogen-bond acceptors (Lipinski definition) is 5. The Morgan fingerprint density at radius 3 is 2.25 bits per heavy atom. The minimum absolute atomic E-state index is 0.169. The molecule has 2 aliphatic rings. The van der Waals surface area contributed by atoms with Gasteiger partial charge in [0.1, 0.15) is 11.9 Å². The molecule has 6 nitrogen and oxygen atoms in total. The highest BCUT2D eigenvalue weighted by Gasteiger charge is 2.23. The van der Waals surface area contributed by atoms with Gasteiger partial charge in [-0.3, -0.25) is 0 Å². The number of para-hydroxylation sites is 1. The smallest absolute Gasteiger partial charge is 0.328 e. The van der Waals surface area contributed by atoms with Gasteiger partial charge in [-0.2, -0.15) is 0 Å². The van der Waals surface area contributed by atoms with Crippen molar-refractivity contribution >= 4 is 23.7 Å². The average Bonchev–Trinajstić information content (AvgIpc) is 2.95. The van der Waals surface area contributed by atoms with Crippen LogP contribution < -0.4 is 4.74 Å². The Hall–Kier alpha value is -2.77. The summed E-state index contributed by atoms with van der Waals surface area (Å²) in [5, 5.41) is 15.6. The van der Waals surface area contributed by atoms with E-state index in [1.54, 1.807) is 0 Å². The Labute approximate surface area is 192 Å². The van der Waals surface area contributed by atoms with Crippen LogP contribution in [0.5, 0.6) is 5.75 Å². The first-order chi connectivity index (χ1) is 15.5. The molecule has 1 unspecified atom stereocenters. The number of carboxylic acid groups (broad SMARTS) is 2. The number of fused-ring (bicyclic) bond motifs is 2. The van der Waals surface area contributed by atoms with Crippen LogP contribution in [-0.2, 0) is 9.59 Å². The second-order valence-electron chi connectivity index (χ2n) is 7.75. The highest BCUT2D eigenvalue weighted by atomic mass is 32.2. The van der Waals surface area contributed by atoms with Crippen LogP contribution in [0.2, 0.25) is 0 Å². The molecule has 4 rings (SSSR count). The summed E-state index contributed by atoms with van der Waals surface area (Å²) >= 11 is 1.83. The van der Waals surface area contributed by atoms with Gasteiger partial charge in [-0.1, -0.05) is 48.5 Å². The fourth-order valence-corrected chi connectivity index (χ4v) is 4.91. The van der Waals surface area contributed by atoms with Gasteiger partial charge in [-0.15, -0.1) is 0 Å². The van der Waals surface area contributed by atoms with Crippen LogP contribution >= 0.6 is 11.8 Å². The predicted molar refractivity (Wildman–Crippen MR) is 124 cm³/mol. The monoisotopic (exact) mass is 455 g/mol. The maximum absolute atomic E-state index is 9.55. The minimum Gasteiger partial charge on any atom is -0.485 e. The molecule has 0 radical (unpaired) electrons. The van der Waals surface area contributed by atoms with Crippen LogP contribution in [0.4, 0.5) is 0 Å². The first-order valence-electron chi connectivity index (χ1n) is 10.9. The molecular weight excluding hydrogens is 426 g/mol. The quantitative estimate of drug-likeness (QED) is 0.575. The zero-order chi connectivity index (χ0) is 22.8. The van der Waals surface area contributed by atoms with E-state index in [1.165, 1.54) is 60.7 Å². The van der Waals surface area contributed by atoms with Gasteiger partial charge in [0.2, 0.25) is 0 Å². The summed E-state index contributed by atoms with van der Waals surface area (Å²) in [4.78, 5) is 24.3. The van der Waals surface area contributed by atoms with Gasteiger partial charge in [0.15, 0.2) is 0 Å². The van der Waals surface area contributed by atoms with E-state index in [1.807, 2.05) is 11.8 Å². The summed E-state index contributed by atoms with van der Waals surface area (Å²) in [6.45, 7) is 3.76. The van der Waals surface area contributed by atoms with Gasteiger partial charge in [-0.05, 0) is 63.5 Å². The third-order valence-corrected chi connectivity index (χ3v) is 6.51. The maximum atomic E-state index is 9.55. The number of nitrogens with zero attached hydrogens (tertiary/aromatic N) is 1. The molecule has 2 heterocycles. The van der Waals surface area contributed by atoms with Gasteiger partial charge in [-0.25, -0.2) is 9.59 Å². The zero-order valence-electron chi connectivity index (χ0n) is 18.0. The molecule has 7 heteroatoms. The second-order valence-corrected chi connectivity index (χ2v) is 8.83. The van der Waals surface area contributed by atoms with E-state index in [9.17, 15) is 9.59 Å². The largest absolute Gasteiger partial charge is 0.485 e. The number of likely N-dealkylation sites (tertiary alicyclic amines) is 1. The number of aliphatic carboxylic acids is 2. The molecule has 2 aromatic rings. The van der Waals surface area contributed by atoms with E-state index in [2.05, 4.69) is 53.4 Å². The highest BCUT2D eigenvalue weighted by molar-refractivity contribution is 7.99. The summed E-state index contributed by atoms with van der Waals surface area (Å²) in [5.41, 5.74) is 1.34. The van der Waals surface area contributed by atoms with Crippen LogP contribution in [0.1, 0.15) is 43.8 Å². The number of carboxylic acids is 2. The summed E-state index contributed by atoms with van der Waals surface area (Å²) < 4.78 is 6.43. The van der Waals surface area contributed by atoms with E-state index in [4.69, 9.17) is 14.9 Å². The fourth-order valence-electron chi connectivity index (χ4n) is 3.85. The summed E-state index contributed by atoms with van der Waals surface area (Å²) in [6.07, 6.45) is 7.71. The highest BCUT2D eigenvalue weighted by Crippen LogP contribution is 2.44. The van der Waals surface area contributed by atoms with Crippen molar-refractivity contribution in [3.8, 4) is 5.75 Å². The minimum atomic E-state index is -1.26. The van der Waals surface area contributed by atoms with Crippen LogP contribution in [-0.4, -0.2) is 46.7 Å². The Morgan fingerprint density at radius 1 is 0.938 bits per heavy atom. The summed E-state index contributed by atoms with van der Waals surface area (Å²) in [5.74, 6) is -1.48.